The number of amides is 1. The number of hydrogen-bond donors (Lipinski definition) is 1. The number of ether oxygens (including phenoxy) is 2. The van der Waals surface area contributed by atoms with Crippen LogP contribution in [-0.2, 0) is 9.57 Å². The van der Waals surface area contributed by atoms with Crippen molar-refractivity contribution >= 4 is 17.5 Å². The van der Waals surface area contributed by atoms with Gasteiger partial charge < -0.3 is 14.4 Å². The largest absolute Gasteiger partial charge is 0.474 e. The van der Waals surface area contributed by atoms with Crippen LogP contribution in [0.4, 0.5) is 25.0 Å². The molecular formula is C19H20F2N4O4. The number of hydroxylamine groups is 1. The van der Waals surface area contributed by atoms with E-state index in [0.717, 1.165) is 12.1 Å². The number of hydrogen-bond acceptors (Lipinski definition) is 7. The molecule has 1 aromatic carbocycles. The summed E-state index contributed by atoms with van der Waals surface area (Å²) in [6.45, 7) is 1.69. The van der Waals surface area contributed by atoms with Crippen molar-refractivity contribution < 1.29 is 27.9 Å². The zero-order valence-corrected chi connectivity index (χ0v) is 15.5. The summed E-state index contributed by atoms with van der Waals surface area (Å²) in [6.07, 6.45) is 0.324. The van der Waals surface area contributed by atoms with Gasteiger partial charge in [-0.2, -0.15) is 0 Å². The number of aromatic nitrogens is 1. The molecule has 154 valence electrons. The van der Waals surface area contributed by atoms with Gasteiger partial charge in [-0.3, -0.25) is 9.74 Å². The fourth-order valence-corrected chi connectivity index (χ4v) is 3.26. The van der Waals surface area contributed by atoms with Crippen molar-refractivity contribution in [3.05, 3.63) is 48.2 Å². The van der Waals surface area contributed by atoms with Gasteiger partial charge in [0.15, 0.2) is 17.7 Å². The predicted molar refractivity (Wildman–Crippen MR) is 99.9 cm³/mol. The zero-order valence-electron chi connectivity index (χ0n) is 15.5. The Labute approximate surface area is 165 Å². The third-order valence-corrected chi connectivity index (χ3v) is 4.61. The molecule has 1 amide bonds. The summed E-state index contributed by atoms with van der Waals surface area (Å²) in [7, 11) is 0. The van der Waals surface area contributed by atoms with Crippen LogP contribution in [0.2, 0.25) is 0 Å². The molecule has 2 aromatic rings. The number of cyclic esters (lactones) is 1. The normalized spacial score (nSPS) is 19.8. The molecule has 4 rings (SSSR count). The van der Waals surface area contributed by atoms with Crippen LogP contribution < -0.4 is 20.0 Å². The Balaban J connectivity index is 1.45. The van der Waals surface area contributed by atoms with Gasteiger partial charge in [0.1, 0.15) is 12.3 Å². The summed E-state index contributed by atoms with van der Waals surface area (Å²) in [6, 6.07) is 7.49. The summed E-state index contributed by atoms with van der Waals surface area (Å²) in [5, 5.41) is 0. The number of carbonyl (C=O) groups is 1. The van der Waals surface area contributed by atoms with E-state index in [-0.39, 0.29) is 24.5 Å². The van der Waals surface area contributed by atoms with E-state index >= 15 is 0 Å². The summed E-state index contributed by atoms with van der Waals surface area (Å²) >= 11 is 0. The van der Waals surface area contributed by atoms with Crippen molar-refractivity contribution in [2.24, 2.45) is 0 Å². The highest BCUT2D eigenvalue weighted by atomic mass is 19.1. The first-order valence-electron chi connectivity index (χ1n) is 9.22. The molecule has 0 aliphatic carbocycles. The lowest BCUT2D eigenvalue weighted by molar-refractivity contribution is 0.0589. The van der Waals surface area contributed by atoms with E-state index in [0.29, 0.717) is 32.1 Å². The van der Waals surface area contributed by atoms with E-state index in [9.17, 15) is 13.6 Å². The number of halogens is 2. The van der Waals surface area contributed by atoms with Crippen molar-refractivity contribution in [1.82, 2.24) is 10.5 Å². The van der Waals surface area contributed by atoms with E-state index < -0.39 is 23.8 Å². The Kier molecular flexibility index (Phi) is 5.72. The van der Waals surface area contributed by atoms with Crippen LogP contribution in [0, 0.1) is 11.6 Å². The van der Waals surface area contributed by atoms with Gasteiger partial charge in [0.05, 0.1) is 18.8 Å². The molecule has 2 aliphatic heterocycles. The number of carbonyl (C=O) groups excluding carboxylic acids is 1. The second-order valence-electron chi connectivity index (χ2n) is 6.58. The van der Waals surface area contributed by atoms with Crippen molar-refractivity contribution in [3.63, 3.8) is 0 Å². The highest BCUT2D eigenvalue weighted by Gasteiger charge is 2.34. The van der Waals surface area contributed by atoms with Crippen LogP contribution in [0.25, 0.3) is 0 Å². The molecule has 0 saturated carbocycles. The van der Waals surface area contributed by atoms with Gasteiger partial charge in [-0.05, 0) is 6.07 Å². The third kappa shape index (κ3) is 4.38. The Bertz CT molecular complexity index is 840. The smallest absolute Gasteiger partial charge is 0.414 e. The highest BCUT2D eigenvalue weighted by Crippen LogP contribution is 2.31. The summed E-state index contributed by atoms with van der Waals surface area (Å²) in [4.78, 5) is 24.1. The van der Waals surface area contributed by atoms with Crippen molar-refractivity contribution in [3.8, 4) is 5.88 Å². The fourth-order valence-electron chi connectivity index (χ4n) is 3.26. The minimum atomic E-state index is -0.747. The molecule has 1 N–H and O–H groups in total. The molecule has 2 aliphatic rings. The average molecular weight is 406 g/mol. The first-order chi connectivity index (χ1) is 14.1. The molecule has 29 heavy (non-hydrogen) atoms. The van der Waals surface area contributed by atoms with Crippen LogP contribution in [0.15, 0.2) is 36.5 Å². The second kappa shape index (κ2) is 8.58. The van der Waals surface area contributed by atoms with Gasteiger partial charge in [0, 0.05) is 44.0 Å². The molecular weight excluding hydrogens is 386 g/mol. The molecule has 2 saturated heterocycles. The number of anilines is 2. The number of nitrogens with zero attached hydrogens (tertiary/aromatic N) is 3. The number of benzene rings is 1. The minimum absolute atomic E-state index is 0.0864. The molecule has 10 heteroatoms. The molecule has 0 spiro atoms. The summed E-state index contributed by atoms with van der Waals surface area (Å²) in [5.74, 6) is -1.09. The van der Waals surface area contributed by atoms with Gasteiger partial charge in [-0.15, -0.1) is 0 Å². The topological polar surface area (TPSA) is 76.2 Å². The van der Waals surface area contributed by atoms with E-state index in [1.54, 1.807) is 29.3 Å². The third-order valence-electron chi connectivity index (χ3n) is 4.61. The van der Waals surface area contributed by atoms with Crippen molar-refractivity contribution in [1.29, 1.82) is 0 Å². The minimum Gasteiger partial charge on any atom is -0.474 e. The van der Waals surface area contributed by atoms with Gasteiger partial charge in [0.2, 0.25) is 5.88 Å². The zero-order chi connectivity index (χ0) is 20.2. The van der Waals surface area contributed by atoms with E-state index in [1.807, 2.05) is 0 Å². The van der Waals surface area contributed by atoms with Gasteiger partial charge in [-0.25, -0.2) is 24.0 Å². The Morgan fingerprint density at radius 3 is 2.83 bits per heavy atom. The van der Waals surface area contributed by atoms with E-state index in [1.165, 1.54) is 4.90 Å². The highest BCUT2D eigenvalue weighted by molar-refractivity contribution is 5.90. The van der Waals surface area contributed by atoms with Crippen LogP contribution in [0.1, 0.15) is 0 Å². The molecule has 8 nitrogen and oxygen atoms in total. The maximum absolute atomic E-state index is 14.7. The SMILES string of the molecule is O=C1O[C@@H](COc2ccccn2)CN1c1cc(F)c(N2CCNOCC2)c(F)c1. The Morgan fingerprint density at radius 1 is 1.24 bits per heavy atom. The molecule has 0 unspecified atom stereocenters. The van der Waals surface area contributed by atoms with Crippen molar-refractivity contribution in [2.45, 2.75) is 6.10 Å². The summed E-state index contributed by atoms with van der Waals surface area (Å²) in [5.41, 5.74) is 2.66. The van der Waals surface area contributed by atoms with Crippen LogP contribution in [0.5, 0.6) is 5.88 Å². The number of rotatable bonds is 5. The number of pyridine rings is 1. The Hall–Kier alpha value is -2.98. The molecule has 1 atom stereocenters. The quantitative estimate of drug-likeness (QED) is 0.815. The summed E-state index contributed by atoms with van der Waals surface area (Å²) < 4.78 is 40.2. The first-order valence-corrected chi connectivity index (χ1v) is 9.22. The van der Waals surface area contributed by atoms with Crippen molar-refractivity contribution in [2.75, 3.05) is 49.2 Å². The molecule has 3 heterocycles. The Morgan fingerprint density at radius 2 is 2.07 bits per heavy atom. The van der Waals surface area contributed by atoms with E-state index in [4.69, 9.17) is 14.3 Å². The maximum atomic E-state index is 14.7. The molecule has 0 radical (unpaired) electrons. The first kappa shape index (κ1) is 19.3. The average Bonchev–Trinajstić information content (AvgIpc) is 2.89. The molecule has 1 aromatic heterocycles. The lowest BCUT2D eigenvalue weighted by atomic mass is 10.2. The second-order valence-corrected chi connectivity index (χ2v) is 6.58. The lowest BCUT2D eigenvalue weighted by Crippen LogP contribution is -2.31. The molecule has 2 fully saturated rings. The van der Waals surface area contributed by atoms with E-state index in [2.05, 4.69) is 10.5 Å². The number of nitrogens with one attached hydrogen (secondary N) is 1. The fraction of sp³-hybridized carbons (Fsp3) is 0.368. The molecule has 0 bridgehead atoms. The monoisotopic (exact) mass is 406 g/mol. The standard InChI is InChI=1S/C19H20F2N4O4/c20-15-9-13(10-16(21)18(15)24-6-5-23-28-8-7-24)25-11-14(29-19(25)26)12-27-17-3-1-2-4-22-17/h1-4,9-10,14,23H,5-8,11-12H2/t14-/m1/s1. The van der Waals surface area contributed by atoms with Gasteiger partial charge in [-0.1, -0.05) is 6.07 Å². The van der Waals surface area contributed by atoms with Crippen LogP contribution >= 0.6 is 0 Å². The van der Waals surface area contributed by atoms with Crippen LogP contribution in [0.3, 0.4) is 0 Å². The van der Waals surface area contributed by atoms with Gasteiger partial charge in [0.25, 0.3) is 0 Å². The van der Waals surface area contributed by atoms with Gasteiger partial charge >= 0.3 is 6.09 Å². The maximum Gasteiger partial charge on any atom is 0.414 e. The lowest BCUT2D eigenvalue weighted by Gasteiger charge is -2.24. The van der Waals surface area contributed by atoms with Crippen LogP contribution in [-0.4, -0.2) is 56.6 Å². The predicted octanol–water partition coefficient (Wildman–Crippen LogP) is 2.11.